The van der Waals surface area contributed by atoms with Gasteiger partial charge in [-0.3, -0.25) is 4.79 Å². The van der Waals surface area contributed by atoms with Gasteiger partial charge in [0.2, 0.25) is 5.91 Å². The van der Waals surface area contributed by atoms with Gasteiger partial charge in [-0.25, -0.2) is 18.5 Å². The van der Waals surface area contributed by atoms with Crippen molar-refractivity contribution in [3.8, 4) is 5.75 Å². The van der Waals surface area contributed by atoms with Gasteiger partial charge in [-0.1, -0.05) is 97.1 Å². The molecule has 1 N–H and O–H groups in total. The van der Waals surface area contributed by atoms with Crippen molar-refractivity contribution in [2.45, 2.75) is 25.1 Å². The van der Waals surface area contributed by atoms with E-state index in [2.05, 4.69) is 5.32 Å². The molecule has 0 saturated carbocycles. The Hall–Kier alpha value is -5.76. The zero-order valence-corrected chi connectivity index (χ0v) is 26.0. The first kappa shape index (κ1) is 32.2. The fraction of sp³-hybridized carbons (Fsp3) is 0.150. The topological polar surface area (TPSA) is 67.9 Å². The van der Waals surface area contributed by atoms with Crippen LogP contribution in [0.3, 0.4) is 0 Å². The normalized spacial score (nSPS) is 15.6. The third-order valence-electron chi connectivity index (χ3n) is 8.24. The molecule has 6 nitrogen and oxygen atoms in total. The van der Waals surface area contributed by atoms with Crippen LogP contribution in [0.5, 0.6) is 5.75 Å². The van der Waals surface area contributed by atoms with Crippen molar-refractivity contribution in [3.05, 3.63) is 173 Å². The number of rotatable bonds is 12. The molecule has 1 heterocycles. The van der Waals surface area contributed by atoms with E-state index in [4.69, 9.17) is 9.47 Å². The number of nitrogens with zero attached hydrogens (tertiary/aromatic N) is 1. The summed E-state index contributed by atoms with van der Waals surface area (Å²) in [6.45, 7) is 0.431. The van der Waals surface area contributed by atoms with Gasteiger partial charge in [-0.2, -0.15) is 0 Å². The number of nitrogens with one attached hydrogen (secondary N) is 1. The van der Waals surface area contributed by atoms with E-state index >= 15 is 0 Å². The Morgan fingerprint density at radius 3 is 2.12 bits per heavy atom. The van der Waals surface area contributed by atoms with Crippen molar-refractivity contribution >= 4 is 23.8 Å². The van der Waals surface area contributed by atoms with Gasteiger partial charge in [0.1, 0.15) is 36.6 Å². The maximum atomic E-state index is 14.6. The van der Waals surface area contributed by atoms with Crippen LogP contribution in [0.4, 0.5) is 19.3 Å². The van der Waals surface area contributed by atoms with Gasteiger partial charge in [-0.15, -0.1) is 0 Å². The van der Waals surface area contributed by atoms with Crippen LogP contribution in [0.15, 0.2) is 140 Å². The molecule has 0 bridgehead atoms. The lowest BCUT2D eigenvalue weighted by atomic mass is 9.87. The van der Waals surface area contributed by atoms with Crippen LogP contribution in [-0.2, 0) is 16.1 Å². The molecule has 6 rings (SSSR count). The third-order valence-corrected chi connectivity index (χ3v) is 8.24. The maximum Gasteiger partial charge on any atom is 0.417 e. The largest absolute Gasteiger partial charge is 0.489 e. The first-order valence-electron chi connectivity index (χ1n) is 15.7. The van der Waals surface area contributed by atoms with Crippen LogP contribution < -0.4 is 10.1 Å². The molecule has 5 aromatic rings. The summed E-state index contributed by atoms with van der Waals surface area (Å²) in [4.78, 5) is 29.0. The Morgan fingerprint density at radius 1 is 0.833 bits per heavy atom. The Bertz CT molecular complexity index is 1830. The predicted molar refractivity (Wildman–Crippen MR) is 181 cm³/mol. The van der Waals surface area contributed by atoms with Crippen molar-refractivity contribution < 1.29 is 27.8 Å². The van der Waals surface area contributed by atoms with Crippen LogP contribution in [0.2, 0.25) is 0 Å². The lowest BCUT2D eigenvalue weighted by molar-refractivity contribution is -0.134. The van der Waals surface area contributed by atoms with Gasteiger partial charge in [0, 0.05) is 5.69 Å². The average Bonchev–Trinajstić information content (AvgIpc) is 3.52. The Morgan fingerprint density at radius 2 is 1.46 bits per heavy atom. The van der Waals surface area contributed by atoms with Gasteiger partial charge in [0.15, 0.2) is 0 Å². The minimum absolute atomic E-state index is 0.0379. The molecule has 1 aliphatic rings. The lowest BCUT2D eigenvalue weighted by Gasteiger charge is -2.31. The molecule has 0 spiro atoms. The van der Waals surface area contributed by atoms with Crippen molar-refractivity contribution in [2.75, 3.05) is 11.9 Å². The van der Waals surface area contributed by atoms with Crippen LogP contribution in [0, 0.1) is 17.6 Å². The summed E-state index contributed by atoms with van der Waals surface area (Å²) in [5.41, 5.74) is 3.91. The summed E-state index contributed by atoms with van der Waals surface area (Å²) in [5, 5.41) is 3.44. The smallest absolute Gasteiger partial charge is 0.417 e. The molecule has 0 aromatic heterocycles. The number of ether oxygens (including phenoxy) is 2. The van der Waals surface area contributed by atoms with Crippen LogP contribution in [0.1, 0.15) is 40.8 Å². The van der Waals surface area contributed by atoms with Crippen molar-refractivity contribution in [1.82, 2.24) is 4.90 Å². The second-order valence-electron chi connectivity index (χ2n) is 11.5. The number of carbonyl (C=O) groups excluding carboxylic acids is 2. The molecule has 1 saturated heterocycles. The van der Waals surface area contributed by atoms with E-state index in [-0.39, 0.29) is 18.8 Å². The molecule has 48 heavy (non-hydrogen) atoms. The van der Waals surface area contributed by atoms with E-state index in [9.17, 15) is 18.4 Å². The molecule has 5 aromatic carbocycles. The Balaban J connectivity index is 1.35. The zero-order valence-electron chi connectivity index (χ0n) is 26.0. The van der Waals surface area contributed by atoms with E-state index in [0.717, 1.165) is 22.3 Å². The first-order valence-corrected chi connectivity index (χ1v) is 15.7. The fourth-order valence-electron chi connectivity index (χ4n) is 5.72. The molecular weight excluding hydrogens is 610 g/mol. The van der Waals surface area contributed by atoms with E-state index < -0.39 is 35.8 Å². The quantitative estimate of drug-likeness (QED) is 0.147. The molecule has 0 radical (unpaired) electrons. The second kappa shape index (κ2) is 15.2. The molecule has 1 fully saturated rings. The molecular formula is C40H34F2N2O4. The highest BCUT2D eigenvalue weighted by Gasteiger charge is 2.43. The van der Waals surface area contributed by atoms with Crippen LogP contribution in [0.25, 0.3) is 6.08 Å². The first-order chi connectivity index (χ1) is 23.4. The number of carbonyl (C=O) groups is 2. The highest BCUT2D eigenvalue weighted by Crippen LogP contribution is 2.37. The molecule has 242 valence electrons. The van der Waals surface area contributed by atoms with E-state index in [1.165, 1.54) is 29.2 Å². The number of allylic oxidation sites excluding steroid dienone is 1. The number of amides is 2. The van der Waals surface area contributed by atoms with Crippen molar-refractivity contribution in [2.24, 2.45) is 5.92 Å². The fourth-order valence-corrected chi connectivity index (χ4v) is 5.72. The van der Waals surface area contributed by atoms with E-state index in [1.807, 2.05) is 97.1 Å². The van der Waals surface area contributed by atoms with Gasteiger partial charge in [0.25, 0.3) is 0 Å². The third kappa shape index (κ3) is 7.96. The number of halogens is 2. The van der Waals surface area contributed by atoms with Gasteiger partial charge < -0.3 is 14.8 Å². The summed E-state index contributed by atoms with van der Waals surface area (Å²) >= 11 is 0. The monoisotopic (exact) mass is 644 g/mol. The van der Waals surface area contributed by atoms with E-state index in [1.54, 1.807) is 24.3 Å². The summed E-state index contributed by atoms with van der Waals surface area (Å²) < 4.78 is 38.9. The zero-order chi connectivity index (χ0) is 33.3. The average molecular weight is 645 g/mol. The number of cyclic esters (lactones) is 1. The second-order valence-corrected chi connectivity index (χ2v) is 11.5. The highest BCUT2D eigenvalue weighted by atomic mass is 19.1. The van der Waals surface area contributed by atoms with Crippen molar-refractivity contribution in [1.29, 1.82) is 0 Å². The predicted octanol–water partition coefficient (Wildman–Crippen LogP) is 9.14. The summed E-state index contributed by atoms with van der Waals surface area (Å²) in [7, 11) is 0. The van der Waals surface area contributed by atoms with E-state index in [0.29, 0.717) is 18.0 Å². The Kier molecular flexibility index (Phi) is 10.2. The SMILES string of the molecule is O=C1OC[C@H](c2ccccc2)N1C(=O)[C@@H](CC=Cc1ccc(F)cc1)[C@@H](Nc1ccc(F)cc1)c1ccc(OCc2ccccc2)cc1. The van der Waals surface area contributed by atoms with Crippen LogP contribution in [-0.4, -0.2) is 23.5 Å². The number of imide groups is 1. The molecule has 1 aliphatic heterocycles. The summed E-state index contributed by atoms with van der Waals surface area (Å²) in [6, 6.07) is 37.2. The maximum absolute atomic E-state index is 14.6. The van der Waals surface area contributed by atoms with Gasteiger partial charge in [0.05, 0.1) is 12.0 Å². The molecule has 8 heteroatoms. The minimum atomic E-state index is -0.820. The number of hydrogen-bond acceptors (Lipinski definition) is 5. The number of anilines is 1. The molecule has 0 unspecified atom stereocenters. The highest BCUT2D eigenvalue weighted by molar-refractivity contribution is 5.95. The molecule has 3 atom stereocenters. The summed E-state index contributed by atoms with van der Waals surface area (Å²) in [6.07, 6.45) is 3.15. The lowest BCUT2D eigenvalue weighted by Crippen LogP contribution is -2.42. The Labute approximate surface area is 278 Å². The standard InChI is InChI=1S/C40H34F2N2O4/c41-32-18-14-28(15-19-32)10-7-13-36(39(45)44-37(27-48-40(44)46)30-11-5-2-6-12-30)38(43-34-22-20-33(42)21-23-34)31-16-24-35(25-17-31)47-26-29-8-3-1-4-9-29/h1-12,14-25,36-38,43H,13,26-27H2/t36-,37+,38-/m0/s1. The van der Waals surface area contributed by atoms with Gasteiger partial charge >= 0.3 is 6.09 Å². The summed E-state index contributed by atoms with van der Waals surface area (Å²) in [5.74, 6) is -1.34. The van der Waals surface area contributed by atoms with Crippen LogP contribution >= 0.6 is 0 Å². The van der Waals surface area contributed by atoms with Gasteiger partial charge in [-0.05, 0) is 77.2 Å². The molecule has 0 aliphatic carbocycles. The number of benzene rings is 5. The number of hydrogen-bond donors (Lipinski definition) is 1. The van der Waals surface area contributed by atoms with Crippen molar-refractivity contribution in [3.63, 3.8) is 0 Å². The molecule has 2 amide bonds. The minimum Gasteiger partial charge on any atom is -0.489 e.